The Morgan fingerprint density at radius 3 is 0.771 bits per heavy atom. The van der Waals surface area contributed by atoms with Gasteiger partial charge in [-0.3, -0.25) is 0 Å². The van der Waals surface area contributed by atoms with Crippen molar-refractivity contribution in [3.8, 4) is 5.81 Å². The van der Waals surface area contributed by atoms with Gasteiger partial charge in [0.2, 0.25) is 0 Å². The summed E-state index contributed by atoms with van der Waals surface area (Å²) in [5.74, 6) is 3.23. The third-order valence-electron chi connectivity index (χ3n) is 8.67. The average Bonchev–Trinajstić information content (AvgIpc) is 2.88. The second-order valence-electron chi connectivity index (χ2n) is 12.0. The molecule has 0 amide bonds. The van der Waals surface area contributed by atoms with Crippen LogP contribution in [-0.4, -0.2) is 24.6 Å². The molecular formula is C33H68NP. The fourth-order valence-corrected chi connectivity index (χ4v) is 12.0. The molecule has 0 aromatic heterocycles. The van der Waals surface area contributed by atoms with Crippen molar-refractivity contribution in [2.45, 2.75) is 182 Å². The van der Waals surface area contributed by atoms with Gasteiger partial charge in [-0.2, -0.15) is 0 Å². The van der Waals surface area contributed by atoms with Crippen LogP contribution in [0.4, 0.5) is 0 Å². The van der Waals surface area contributed by atoms with Crippen LogP contribution in [0.1, 0.15) is 182 Å². The summed E-state index contributed by atoms with van der Waals surface area (Å²) in [6.45, 7) is 6.98. The van der Waals surface area contributed by atoms with Gasteiger partial charge < -0.3 is 0 Å². The Balaban J connectivity index is 4.78. The Morgan fingerprint density at radius 2 is 0.543 bits per heavy atom. The molecule has 0 rings (SSSR count). The second-order valence-corrected chi connectivity index (χ2v) is 18.0. The predicted molar refractivity (Wildman–Crippen MR) is 166 cm³/mol. The number of nitrogens with zero attached hydrogens (tertiary/aromatic N) is 1. The van der Waals surface area contributed by atoms with E-state index in [-0.39, 0.29) is 0 Å². The van der Waals surface area contributed by atoms with Crippen LogP contribution in [0, 0.1) is 11.1 Å². The van der Waals surface area contributed by atoms with E-state index in [1.807, 2.05) is 0 Å². The molecule has 0 atom stereocenters. The quantitative estimate of drug-likeness (QED) is 0.0759. The molecule has 0 bridgehead atoms. The molecule has 35 heavy (non-hydrogen) atoms. The average molecular weight is 510 g/mol. The van der Waals surface area contributed by atoms with E-state index in [2.05, 4.69) is 33.5 Å². The third kappa shape index (κ3) is 17.9. The van der Waals surface area contributed by atoms with E-state index >= 15 is 0 Å². The summed E-state index contributed by atoms with van der Waals surface area (Å²) >= 11 is 0. The summed E-state index contributed by atoms with van der Waals surface area (Å²) in [4.78, 5) is 0. The molecule has 0 saturated carbocycles. The predicted octanol–water partition coefficient (Wildman–Crippen LogP) is 12.5. The van der Waals surface area contributed by atoms with Gasteiger partial charge in [0.15, 0.2) is 0 Å². The monoisotopic (exact) mass is 510 g/mol. The maximum atomic E-state index is 10.9. The molecule has 0 N–H and O–H groups in total. The van der Waals surface area contributed by atoms with E-state index in [0.717, 1.165) is 0 Å². The van der Waals surface area contributed by atoms with Crippen molar-refractivity contribution in [2.75, 3.05) is 24.6 Å². The molecule has 0 fully saturated rings. The molecule has 0 saturated heterocycles. The van der Waals surface area contributed by atoms with Crippen molar-refractivity contribution in [2.24, 2.45) is 0 Å². The Hall–Kier alpha value is -0.0800. The van der Waals surface area contributed by atoms with Crippen LogP contribution in [0.2, 0.25) is 0 Å². The molecule has 0 unspecified atom stereocenters. The van der Waals surface area contributed by atoms with Crippen molar-refractivity contribution in [3.63, 3.8) is 0 Å². The summed E-state index contributed by atoms with van der Waals surface area (Å²) < 4.78 is 0. The standard InChI is InChI=1S/C33H68NP/c1-5-9-13-17-18-19-20-21-22-23-24-28-32-35(33-34,29-25-14-10-6-2,30-26-15-11-7-3)31-27-16-12-8-4/h5-32H2,1-4H3. The van der Waals surface area contributed by atoms with Gasteiger partial charge in [-0.05, 0) is 0 Å². The van der Waals surface area contributed by atoms with Crippen LogP contribution >= 0.6 is 6.60 Å². The first-order chi connectivity index (χ1) is 17.1. The first-order valence-corrected chi connectivity index (χ1v) is 19.5. The zero-order valence-corrected chi connectivity index (χ0v) is 26.1. The Bertz CT molecular complexity index is 446. The number of rotatable bonds is 28. The van der Waals surface area contributed by atoms with Gasteiger partial charge in [0.05, 0.1) is 0 Å². The van der Waals surface area contributed by atoms with Gasteiger partial charge in [0.25, 0.3) is 0 Å². The van der Waals surface area contributed by atoms with Gasteiger partial charge in [-0.15, -0.1) is 0 Å². The van der Waals surface area contributed by atoms with E-state index in [1.165, 1.54) is 179 Å². The molecule has 0 spiro atoms. The topological polar surface area (TPSA) is 23.8 Å². The first kappa shape index (κ1) is 34.9. The van der Waals surface area contributed by atoms with Crippen molar-refractivity contribution in [1.82, 2.24) is 0 Å². The number of nitriles is 1. The molecule has 2 heteroatoms. The number of hydrogen-bond donors (Lipinski definition) is 0. The Kier molecular flexibility index (Phi) is 24.2. The Labute approximate surface area is 223 Å². The molecule has 0 radical (unpaired) electrons. The molecule has 0 aliphatic rings. The summed E-state index contributed by atoms with van der Waals surface area (Å²) in [7, 11) is 0. The van der Waals surface area contributed by atoms with Gasteiger partial charge in [0.1, 0.15) is 0 Å². The number of hydrogen-bond acceptors (Lipinski definition) is 1. The van der Waals surface area contributed by atoms with Crippen LogP contribution in [-0.2, 0) is 0 Å². The van der Waals surface area contributed by atoms with Gasteiger partial charge >= 0.3 is 211 Å². The molecule has 0 aliphatic carbocycles. The van der Waals surface area contributed by atoms with Crippen molar-refractivity contribution in [1.29, 1.82) is 5.26 Å². The summed E-state index contributed by atoms with van der Waals surface area (Å²) in [6, 6.07) is 0. The van der Waals surface area contributed by atoms with Crippen LogP contribution in [0.25, 0.3) is 0 Å². The maximum absolute atomic E-state index is 10.9. The van der Waals surface area contributed by atoms with Crippen molar-refractivity contribution < 1.29 is 0 Å². The van der Waals surface area contributed by atoms with E-state index in [1.54, 1.807) is 0 Å². The van der Waals surface area contributed by atoms with Crippen LogP contribution < -0.4 is 0 Å². The third-order valence-corrected chi connectivity index (χ3v) is 15.2. The molecule has 210 valence electrons. The summed E-state index contributed by atoms with van der Waals surface area (Å²) in [5.41, 5.74) is 0. The zero-order chi connectivity index (χ0) is 26.0. The van der Waals surface area contributed by atoms with Crippen LogP contribution in [0.15, 0.2) is 0 Å². The molecule has 1 nitrogen and oxygen atoms in total. The van der Waals surface area contributed by atoms with Crippen LogP contribution in [0.5, 0.6) is 0 Å². The van der Waals surface area contributed by atoms with Crippen molar-refractivity contribution in [3.05, 3.63) is 0 Å². The fourth-order valence-electron chi connectivity index (χ4n) is 6.10. The van der Waals surface area contributed by atoms with E-state index in [0.29, 0.717) is 0 Å². The minimum atomic E-state index is -2.26. The van der Waals surface area contributed by atoms with Gasteiger partial charge in [-0.1, -0.05) is 13.3 Å². The Morgan fingerprint density at radius 1 is 0.343 bits per heavy atom. The van der Waals surface area contributed by atoms with Crippen molar-refractivity contribution >= 4 is 6.60 Å². The molecule has 0 heterocycles. The molecule has 0 aromatic carbocycles. The molecule has 0 aliphatic heterocycles. The van der Waals surface area contributed by atoms with Gasteiger partial charge in [-0.25, -0.2) is 0 Å². The molecule has 0 aromatic rings. The van der Waals surface area contributed by atoms with E-state index in [9.17, 15) is 5.26 Å². The first-order valence-electron chi connectivity index (χ1n) is 16.5. The van der Waals surface area contributed by atoms with E-state index < -0.39 is 6.60 Å². The minimum absolute atomic E-state index is 1.29. The fraction of sp³-hybridized carbons (Fsp3) is 0.970. The summed E-state index contributed by atoms with van der Waals surface area (Å²) in [5, 5.41) is 10.9. The normalized spacial score (nSPS) is 12.9. The van der Waals surface area contributed by atoms with E-state index in [4.69, 9.17) is 0 Å². The van der Waals surface area contributed by atoms with Crippen LogP contribution in [0.3, 0.4) is 0 Å². The second kappa shape index (κ2) is 24.3. The zero-order valence-electron chi connectivity index (χ0n) is 25.2. The van der Waals surface area contributed by atoms with Gasteiger partial charge in [0, 0.05) is 0 Å². The molecular weight excluding hydrogens is 441 g/mol. The SMILES string of the molecule is CCCCCCCCCCCCCCP(C#N)(CCCCCC)(CCCCCC)CCCCCC. The number of unbranched alkanes of at least 4 members (excludes halogenated alkanes) is 20. The summed E-state index contributed by atoms with van der Waals surface area (Å²) in [6.07, 6.45) is 38.1.